The van der Waals surface area contributed by atoms with Crippen LogP contribution in [0.2, 0.25) is 0 Å². The van der Waals surface area contributed by atoms with Crippen LogP contribution in [0.5, 0.6) is 5.75 Å². The van der Waals surface area contributed by atoms with E-state index in [9.17, 15) is 5.11 Å². The molecule has 6 nitrogen and oxygen atoms in total. The zero-order valence-corrected chi connectivity index (χ0v) is 17.0. The molecule has 3 N–H and O–H groups in total. The van der Waals surface area contributed by atoms with Crippen molar-refractivity contribution < 1.29 is 14.6 Å². The van der Waals surface area contributed by atoms with Gasteiger partial charge in [-0.05, 0) is 49.3 Å². The summed E-state index contributed by atoms with van der Waals surface area (Å²) in [4.78, 5) is 4.82. The SMILES string of the molecule is CCNC(=NCC1(CCOC)CCCC1)NCC(O)c1ccc(OC)cc1. The van der Waals surface area contributed by atoms with Crippen LogP contribution < -0.4 is 15.4 Å². The number of rotatable bonds is 10. The van der Waals surface area contributed by atoms with Gasteiger partial charge < -0.3 is 25.2 Å². The monoisotopic (exact) mass is 377 g/mol. The molecule has 1 atom stereocenters. The number of hydrogen-bond donors (Lipinski definition) is 3. The summed E-state index contributed by atoms with van der Waals surface area (Å²) in [5.41, 5.74) is 1.11. The van der Waals surface area contributed by atoms with Gasteiger partial charge in [-0.15, -0.1) is 0 Å². The van der Waals surface area contributed by atoms with Crippen molar-refractivity contribution in [3.63, 3.8) is 0 Å². The van der Waals surface area contributed by atoms with E-state index in [1.54, 1.807) is 14.2 Å². The summed E-state index contributed by atoms with van der Waals surface area (Å²) in [7, 11) is 3.40. The lowest BCUT2D eigenvalue weighted by atomic mass is 9.83. The van der Waals surface area contributed by atoms with Crippen molar-refractivity contribution in [3.05, 3.63) is 29.8 Å². The second kappa shape index (κ2) is 11.1. The van der Waals surface area contributed by atoms with E-state index >= 15 is 0 Å². The lowest BCUT2D eigenvalue weighted by molar-refractivity contribution is 0.141. The largest absolute Gasteiger partial charge is 0.497 e. The molecule has 1 aromatic carbocycles. The minimum absolute atomic E-state index is 0.257. The minimum Gasteiger partial charge on any atom is -0.497 e. The molecule has 0 amide bonds. The van der Waals surface area contributed by atoms with E-state index in [0.29, 0.717) is 6.54 Å². The molecule has 1 aliphatic carbocycles. The van der Waals surface area contributed by atoms with Gasteiger partial charge in [0.2, 0.25) is 0 Å². The molecule has 0 aromatic heterocycles. The summed E-state index contributed by atoms with van der Waals surface area (Å²) < 4.78 is 10.5. The summed E-state index contributed by atoms with van der Waals surface area (Å²) in [5, 5.41) is 17.0. The van der Waals surface area contributed by atoms with Crippen molar-refractivity contribution in [2.45, 2.75) is 45.1 Å². The van der Waals surface area contributed by atoms with Gasteiger partial charge in [-0.1, -0.05) is 25.0 Å². The molecule has 27 heavy (non-hydrogen) atoms. The lowest BCUT2D eigenvalue weighted by Crippen LogP contribution is -2.40. The van der Waals surface area contributed by atoms with E-state index in [4.69, 9.17) is 14.5 Å². The molecule has 6 heteroatoms. The van der Waals surface area contributed by atoms with E-state index in [0.717, 1.165) is 43.4 Å². The first-order chi connectivity index (χ1) is 13.1. The molecule has 1 unspecified atom stereocenters. The highest BCUT2D eigenvalue weighted by molar-refractivity contribution is 5.79. The average Bonchev–Trinajstić information content (AvgIpc) is 3.17. The van der Waals surface area contributed by atoms with E-state index in [2.05, 4.69) is 10.6 Å². The molecule has 0 spiro atoms. The normalized spacial score (nSPS) is 17.6. The summed E-state index contributed by atoms with van der Waals surface area (Å²) in [6.45, 7) is 4.83. The molecule has 0 saturated heterocycles. The minimum atomic E-state index is -0.603. The van der Waals surface area contributed by atoms with Crippen LogP contribution in [0.25, 0.3) is 0 Å². The van der Waals surface area contributed by atoms with Crippen molar-refractivity contribution in [1.29, 1.82) is 0 Å². The predicted octanol–water partition coefficient (Wildman–Crippen LogP) is 2.88. The molecular formula is C21H35N3O3. The Bertz CT molecular complexity index is 569. The molecule has 0 heterocycles. The zero-order valence-electron chi connectivity index (χ0n) is 17.0. The standard InChI is InChI=1S/C21H35N3O3/c1-4-22-20(24-16-21(13-14-26-2)11-5-6-12-21)23-15-19(25)17-7-9-18(27-3)10-8-17/h7-10,19,25H,4-6,11-16H2,1-3H3,(H2,22,23,24). The van der Waals surface area contributed by atoms with Gasteiger partial charge in [0.25, 0.3) is 0 Å². The van der Waals surface area contributed by atoms with Crippen molar-refractivity contribution in [2.75, 3.05) is 40.5 Å². The number of hydrogen-bond acceptors (Lipinski definition) is 4. The van der Waals surface area contributed by atoms with Crippen LogP contribution in [0.15, 0.2) is 29.3 Å². The Labute approximate surface area is 163 Å². The molecule has 2 rings (SSSR count). The summed E-state index contributed by atoms with van der Waals surface area (Å²) in [6.07, 6.45) is 5.44. The number of aliphatic imine (C=N–C) groups is 1. The highest BCUT2D eigenvalue weighted by atomic mass is 16.5. The van der Waals surface area contributed by atoms with E-state index < -0.39 is 6.10 Å². The Balaban J connectivity index is 1.93. The second-order valence-electron chi connectivity index (χ2n) is 7.31. The number of nitrogens with one attached hydrogen (secondary N) is 2. The number of benzene rings is 1. The van der Waals surface area contributed by atoms with Crippen molar-refractivity contribution >= 4 is 5.96 Å². The summed E-state index contributed by atoms with van der Waals surface area (Å²) in [5.74, 6) is 1.54. The number of aliphatic hydroxyl groups is 1. The third kappa shape index (κ3) is 6.70. The third-order valence-corrected chi connectivity index (χ3v) is 5.38. The fraction of sp³-hybridized carbons (Fsp3) is 0.667. The van der Waals surface area contributed by atoms with E-state index in [1.807, 2.05) is 31.2 Å². The highest BCUT2D eigenvalue weighted by Crippen LogP contribution is 2.41. The van der Waals surface area contributed by atoms with Crippen LogP contribution in [-0.4, -0.2) is 51.5 Å². The van der Waals surface area contributed by atoms with Gasteiger partial charge in [0, 0.05) is 33.4 Å². The topological polar surface area (TPSA) is 75.1 Å². The molecule has 1 aromatic rings. The van der Waals surface area contributed by atoms with Gasteiger partial charge in [0.15, 0.2) is 5.96 Å². The van der Waals surface area contributed by atoms with Crippen molar-refractivity contribution in [1.82, 2.24) is 10.6 Å². The molecule has 1 saturated carbocycles. The van der Waals surface area contributed by atoms with Gasteiger partial charge in [0.1, 0.15) is 5.75 Å². The number of nitrogens with zero attached hydrogens (tertiary/aromatic N) is 1. The first-order valence-electron chi connectivity index (χ1n) is 9.95. The molecule has 1 aliphatic rings. The van der Waals surface area contributed by atoms with Gasteiger partial charge in [-0.25, -0.2) is 0 Å². The number of methoxy groups -OCH3 is 2. The highest BCUT2D eigenvalue weighted by Gasteiger charge is 2.33. The maximum Gasteiger partial charge on any atom is 0.191 e. The Morgan fingerprint density at radius 3 is 2.48 bits per heavy atom. The quantitative estimate of drug-likeness (QED) is 0.432. The first-order valence-corrected chi connectivity index (χ1v) is 9.95. The number of ether oxygens (including phenoxy) is 2. The van der Waals surface area contributed by atoms with Crippen LogP contribution in [0.4, 0.5) is 0 Å². The molecular weight excluding hydrogens is 342 g/mol. The smallest absolute Gasteiger partial charge is 0.191 e. The molecule has 0 radical (unpaired) electrons. The van der Waals surface area contributed by atoms with Crippen LogP contribution in [0.1, 0.15) is 50.7 Å². The third-order valence-electron chi connectivity index (χ3n) is 5.38. The van der Waals surface area contributed by atoms with E-state index in [-0.39, 0.29) is 5.41 Å². The van der Waals surface area contributed by atoms with Crippen LogP contribution in [-0.2, 0) is 4.74 Å². The van der Waals surface area contributed by atoms with Crippen molar-refractivity contribution in [2.24, 2.45) is 10.4 Å². The average molecular weight is 378 g/mol. The van der Waals surface area contributed by atoms with Gasteiger partial charge >= 0.3 is 0 Å². The predicted molar refractivity (Wildman–Crippen MR) is 109 cm³/mol. The number of guanidine groups is 1. The second-order valence-corrected chi connectivity index (χ2v) is 7.31. The Morgan fingerprint density at radius 1 is 1.19 bits per heavy atom. The van der Waals surface area contributed by atoms with Gasteiger partial charge in [0.05, 0.1) is 13.2 Å². The Kier molecular flexibility index (Phi) is 8.88. The zero-order chi connectivity index (χ0) is 19.5. The fourth-order valence-corrected chi connectivity index (χ4v) is 3.66. The molecule has 0 aliphatic heterocycles. The molecule has 1 fully saturated rings. The first kappa shape index (κ1) is 21.5. The van der Waals surface area contributed by atoms with Crippen LogP contribution in [0.3, 0.4) is 0 Å². The molecule has 152 valence electrons. The lowest BCUT2D eigenvalue weighted by Gasteiger charge is -2.27. The van der Waals surface area contributed by atoms with Gasteiger partial charge in [-0.2, -0.15) is 0 Å². The maximum atomic E-state index is 10.4. The van der Waals surface area contributed by atoms with Crippen molar-refractivity contribution in [3.8, 4) is 5.75 Å². The maximum absolute atomic E-state index is 10.4. The van der Waals surface area contributed by atoms with Crippen LogP contribution in [0, 0.1) is 5.41 Å². The Hall–Kier alpha value is -1.79. The number of aliphatic hydroxyl groups excluding tert-OH is 1. The summed E-state index contributed by atoms with van der Waals surface area (Å²) >= 11 is 0. The van der Waals surface area contributed by atoms with E-state index in [1.165, 1.54) is 25.7 Å². The Morgan fingerprint density at radius 2 is 1.89 bits per heavy atom. The molecule has 0 bridgehead atoms. The summed E-state index contributed by atoms with van der Waals surface area (Å²) in [6, 6.07) is 7.48. The fourth-order valence-electron chi connectivity index (χ4n) is 3.66. The van der Waals surface area contributed by atoms with Gasteiger partial charge in [-0.3, -0.25) is 4.99 Å². The van der Waals surface area contributed by atoms with Crippen LogP contribution >= 0.6 is 0 Å².